The third kappa shape index (κ3) is 1.69. The predicted octanol–water partition coefficient (Wildman–Crippen LogP) is 1.85. The Morgan fingerprint density at radius 3 is 2.62 bits per heavy atom. The average molecular weight is 174 g/mol. The number of benzene rings is 1. The summed E-state index contributed by atoms with van der Waals surface area (Å²) >= 11 is 0. The van der Waals surface area contributed by atoms with Crippen LogP contribution in [0.3, 0.4) is 0 Å². The molecule has 3 heteroatoms. The summed E-state index contributed by atoms with van der Waals surface area (Å²) < 4.78 is 4.90. The van der Waals surface area contributed by atoms with E-state index in [0.717, 1.165) is 12.1 Å². The number of nitrogens with zero attached hydrogens (tertiary/aromatic N) is 1. The molecule has 1 heterocycles. The minimum absolute atomic E-state index is 0.406. The summed E-state index contributed by atoms with van der Waals surface area (Å²) in [7, 11) is 0. The quantitative estimate of drug-likeness (QED) is 0.755. The lowest BCUT2D eigenvalue weighted by Gasteiger charge is -1.96. The molecule has 13 heavy (non-hydrogen) atoms. The second kappa shape index (κ2) is 3.31. The van der Waals surface area contributed by atoms with Crippen LogP contribution < -0.4 is 5.73 Å². The van der Waals surface area contributed by atoms with E-state index in [1.807, 2.05) is 30.3 Å². The molecular weight excluding hydrogens is 164 g/mol. The van der Waals surface area contributed by atoms with Gasteiger partial charge in [0.15, 0.2) is 6.39 Å². The summed E-state index contributed by atoms with van der Waals surface area (Å²) in [6.07, 6.45) is 2.09. The van der Waals surface area contributed by atoms with Crippen molar-refractivity contribution < 1.29 is 4.42 Å². The third-order valence-corrected chi connectivity index (χ3v) is 1.89. The first-order chi connectivity index (χ1) is 6.36. The van der Waals surface area contributed by atoms with E-state index < -0.39 is 0 Å². The maximum absolute atomic E-state index is 5.56. The standard InChI is InChI=1S/C10H10N2O/c11-10-9(12-7-13-10)6-8-4-2-1-3-5-8/h1-5,7H,6,11H2. The Hall–Kier alpha value is -1.77. The molecule has 0 atom stereocenters. The van der Waals surface area contributed by atoms with E-state index in [1.54, 1.807) is 0 Å². The van der Waals surface area contributed by atoms with Gasteiger partial charge in [0.05, 0.1) is 0 Å². The molecule has 0 spiro atoms. The number of aromatic nitrogens is 1. The predicted molar refractivity (Wildman–Crippen MR) is 50.2 cm³/mol. The first-order valence-corrected chi connectivity index (χ1v) is 4.08. The second-order valence-electron chi connectivity index (χ2n) is 2.83. The highest BCUT2D eigenvalue weighted by Crippen LogP contribution is 2.13. The lowest BCUT2D eigenvalue weighted by Crippen LogP contribution is -1.93. The van der Waals surface area contributed by atoms with Crippen LogP contribution in [0, 0.1) is 0 Å². The molecule has 0 bridgehead atoms. The molecule has 0 aliphatic heterocycles. The molecule has 0 aliphatic rings. The summed E-state index contributed by atoms with van der Waals surface area (Å²) in [6.45, 7) is 0. The van der Waals surface area contributed by atoms with Gasteiger partial charge in [0.25, 0.3) is 0 Å². The number of anilines is 1. The molecule has 0 aliphatic carbocycles. The number of nitrogens with two attached hydrogens (primary N) is 1. The van der Waals surface area contributed by atoms with Crippen molar-refractivity contribution in [3.8, 4) is 0 Å². The van der Waals surface area contributed by atoms with Gasteiger partial charge in [0.1, 0.15) is 5.69 Å². The normalized spacial score (nSPS) is 10.2. The molecule has 1 aromatic carbocycles. The summed E-state index contributed by atoms with van der Waals surface area (Å²) in [4.78, 5) is 4.02. The van der Waals surface area contributed by atoms with Crippen LogP contribution in [0.2, 0.25) is 0 Å². The van der Waals surface area contributed by atoms with Gasteiger partial charge in [-0.05, 0) is 5.56 Å². The van der Waals surface area contributed by atoms with E-state index >= 15 is 0 Å². The molecule has 0 unspecified atom stereocenters. The summed E-state index contributed by atoms with van der Waals surface area (Å²) in [5.41, 5.74) is 7.54. The fraction of sp³-hybridized carbons (Fsp3) is 0.100. The van der Waals surface area contributed by atoms with Crippen LogP contribution in [-0.4, -0.2) is 4.98 Å². The molecule has 2 rings (SSSR count). The molecule has 66 valence electrons. The highest BCUT2D eigenvalue weighted by molar-refractivity contribution is 5.34. The molecule has 1 aromatic heterocycles. The second-order valence-corrected chi connectivity index (χ2v) is 2.83. The molecule has 3 nitrogen and oxygen atoms in total. The fourth-order valence-corrected chi connectivity index (χ4v) is 1.20. The zero-order valence-corrected chi connectivity index (χ0v) is 7.10. The molecule has 0 fully saturated rings. The Labute approximate surface area is 76.2 Å². The lowest BCUT2D eigenvalue weighted by atomic mass is 10.1. The van der Waals surface area contributed by atoms with E-state index in [-0.39, 0.29) is 0 Å². The minimum atomic E-state index is 0.406. The molecular formula is C10H10N2O. The van der Waals surface area contributed by atoms with Crippen molar-refractivity contribution in [3.05, 3.63) is 48.0 Å². The molecule has 0 saturated carbocycles. The summed E-state index contributed by atoms with van der Waals surface area (Å²) in [6, 6.07) is 10.0. The van der Waals surface area contributed by atoms with Crippen molar-refractivity contribution in [2.24, 2.45) is 0 Å². The zero-order chi connectivity index (χ0) is 9.10. The Balaban J connectivity index is 2.20. The first kappa shape index (κ1) is 7.86. The highest BCUT2D eigenvalue weighted by Gasteiger charge is 2.03. The van der Waals surface area contributed by atoms with Crippen LogP contribution in [0.1, 0.15) is 11.3 Å². The van der Waals surface area contributed by atoms with Crippen LogP contribution in [0.25, 0.3) is 0 Å². The van der Waals surface area contributed by atoms with Crippen LogP contribution >= 0.6 is 0 Å². The van der Waals surface area contributed by atoms with E-state index in [1.165, 1.54) is 12.0 Å². The van der Waals surface area contributed by atoms with Crippen molar-refractivity contribution in [3.63, 3.8) is 0 Å². The van der Waals surface area contributed by atoms with Gasteiger partial charge in [-0.1, -0.05) is 30.3 Å². The molecule has 0 amide bonds. The van der Waals surface area contributed by atoms with E-state index in [0.29, 0.717) is 5.88 Å². The summed E-state index contributed by atoms with van der Waals surface area (Å²) in [5.74, 6) is 0.406. The van der Waals surface area contributed by atoms with Crippen molar-refractivity contribution in [2.75, 3.05) is 5.73 Å². The maximum atomic E-state index is 5.56. The lowest BCUT2D eigenvalue weighted by molar-refractivity contribution is 0.576. The molecule has 2 N–H and O–H groups in total. The SMILES string of the molecule is Nc1ocnc1Cc1ccccc1. The first-order valence-electron chi connectivity index (χ1n) is 4.08. The van der Waals surface area contributed by atoms with Gasteiger partial charge in [0.2, 0.25) is 5.88 Å². The Morgan fingerprint density at radius 2 is 2.00 bits per heavy atom. The van der Waals surface area contributed by atoms with Gasteiger partial charge in [-0.25, -0.2) is 4.98 Å². The molecule has 0 radical (unpaired) electrons. The molecule has 2 aromatic rings. The van der Waals surface area contributed by atoms with Gasteiger partial charge >= 0.3 is 0 Å². The Kier molecular flexibility index (Phi) is 2.00. The molecule has 0 saturated heterocycles. The number of nitrogen functional groups attached to an aromatic ring is 1. The van der Waals surface area contributed by atoms with Crippen LogP contribution in [0.5, 0.6) is 0 Å². The Morgan fingerprint density at radius 1 is 1.23 bits per heavy atom. The topological polar surface area (TPSA) is 52.0 Å². The van der Waals surface area contributed by atoms with Gasteiger partial charge in [-0.2, -0.15) is 0 Å². The number of rotatable bonds is 2. The number of oxazole rings is 1. The minimum Gasteiger partial charge on any atom is -0.428 e. The average Bonchev–Trinajstić information content (AvgIpc) is 2.54. The summed E-state index contributed by atoms with van der Waals surface area (Å²) in [5, 5.41) is 0. The van der Waals surface area contributed by atoms with Crippen LogP contribution in [-0.2, 0) is 6.42 Å². The monoisotopic (exact) mass is 174 g/mol. The van der Waals surface area contributed by atoms with Crippen LogP contribution in [0.4, 0.5) is 5.88 Å². The smallest absolute Gasteiger partial charge is 0.214 e. The van der Waals surface area contributed by atoms with Crippen molar-refractivity contribution in [1.29, 1.82) is 0 Å². The fourth-order valence-electron chi connectivity index (χ4n) is 1.20. The van der Waals surface area contributed by atoms with Gasteiger partial charge < -0.3 is 10.2 Å². The number of hydrogen-bond acceptors (Lipinski definition) is 3. The Bertz CT molecular complexity index is 381. The van der Waals surface area contributed by atoms with Crippen molar-refractivity contribution in [2.45, 2.75) is 6.42 Å². The van der Waals surface area contributed by atoms with Crippen LogP contribution in [0.15, 0.2) is 41.1 Å². The van der Waals surface area contributed by atoms with E-state index in [2.05, 4.69) is 4.98 Å². The maximum Gasteiger partial charge on any atom is 0.214 e. The van der Waals surface area contributed by atoms with Gasteiger partial charge in [-0.15, -0.1) is 0 Å². The van der Waals surface area contributed by atoms with Gasteiger partial charge in [0, 0.05) is 6.42 Å². The largest absolute Gasteiger partial charge is 0.428 e. The van der Waals surface area contributed by atoms with Gasteiger partial charge in [-0.3, -0.25) is 0 Å². The third-order valence-electron chi connectivity index (χ3n) is 1.89. The number of hydrogen-bond donors (Lipinski definition) is 1. The highest BCUT2D eigenvalue weighted by atomic mass is 16.3. The van der Waals surface area contributed by atoms with E-state index in [4.69, 9.17) is 10.2 Å². The van der Waals surface area contributed by atoms with Crippen molar-refractivity contribution in [1.82, 2.24) is 4.98 Å². The van der Waals surface area contributed by atoms with E-state index in [9.17, 15) is 0 Å². The zero-order valence-electron chi connectivity index (χ0n) is 7.10. The van der Waals surface area contributed by atoms with Crippen molar-refractivity contribution >= 4 is 5.88 Å².